The van der Waals surface area contributed by atoms with E-state index in [0.717, 1.165) is 57.8 Å². The number of unbranched alkanes of at least 4 members (excludes halogenated alkanes) is 9. The maximum absolute atomic E-state index is 10.3. The van der Waals surface area contributed by atoms with Crippen molar-refractivity contribution in [2.24, 2.45) is 0 Å². The number of carbonyl (C=O) groups is 1. The highest BCUT2D eigenvalue weighted by molar-refractivity contribution is 5.66. The van der Waals surface area contributed by atoms with Crippen LogP contribution in [0.15, 0.2) is 0 Å². The van der Waals surface area contributed by atoms with Crippen molar-refractivity contribution in [3.63, 3.8) is 0 Å². The number of carboxylic acid groups (broad SMARTS) is 1. The second-order valence-electron chi connectivity index (χ2n) is 6.39. The lowest BCUT2D eigenvalue weighted by molar-refractivity contribution is -0.137. The van der Waals surface area contributed by atoms with Crippen LogP contribution in [0.1, 0.15) is 96.8 Å². The van der Waals surface area contributed by atoms with Gasteiger partial charge in [-0.05, 0) is 19.3 Å². The van der Waals surface area contributed by atoms with E-state index in [2.05, 4.69) is 6.92 Å². The van der Waals surface area contributed by atoms with Crippen LogP contribution < -0.4 is 0 Å². The molecule has 0 fully saturated rings. The SMILES string of the molecule is CCCCCC(O)C(O)CCCCCCCCCCC(=O)O. The molecule has 0 aromatic heterocycles. The fourth-order valence-electron chi connectivity index (χ4n) is 2.68. The Kier molecular flexibility index (Phi) is 14.9. The standard InChI is InChI=1S/C18H36O4/c1-2-3-10-13-16(19)17(20)14-11-8-6-4-5-7-9-12-15-18(21)22/h16-17,19-20H,2-15H2,1H3,(H,21,22). The van der Waals surface area contributed by atoms with Gasteiger partial charge in [-0.15, -0.1) is 0 Å². The zero-order valence-electron chi connectivity index (χ0n) is 14.3. The number of hydrogen-bond donors (Lipinski definition) is 3. The molecular weight excluding hydrogens is 280 g/mol. The van der Waals surface area contributed by atoms with Gasteiger partial charge in [0.25, 0.3) is 0 Å². The molecule has 2 atom stereocenters. The van der Waals surface area contributed by atoms with Crippen molar-refractivity contribution in [1.29, 1.82) is 0 Å². The summed E-state index contributed by atoms with van der Waals surface area (Å²) in [5.41, 5.74) is 0. The number of aliphatic hydroxyl groups is 2. The zero-order valence-corrected chi connectivity index (χ0v) is 14.3. The molecule has 0 radical (unpaired) electrons. The van der Waals surface area contributed by atoms with E-state index in [-0.39, 0.29) is 0 Å². The van der Waals surface area contributed by atoms with Crippen molar-refractivity contribution < 1.29 is 20.1 Å². The summed E-state index contributed by atoms with van der Waals surface area (Å²) in [4.78, 5) is 10.3. The van der Waals surface area contributed by atoms with Crippen LogP contribution in [0.2, 0.25) is 0 Å². The Morgan fingerprint density at radius 3 is 1.59 bits per heavy atom. The number of aliphatic carboxylic acids is 1. The summed E-state index contributed by atoms with van der Waals surface area (Å²) in [6, 6.07) is 0. The third kappa shape index (κ3) is 14.3. The second kappa shape index (κ2) is 15.3. The van der Waals surface area contributed by atoms with Gasteiger partial charge in [0.15, 0.2) is 0 Å². The molecule has 3 N–H and O–H groups in total. The minimum atomic E-state index is -0.699. The molecule has 0 rings (SSSR count). The van der Waals surface area contributed by atoms with Gasteiger partial charge in [-0.25, -0.2) is 0 Å². The largest absolute Gasteiger partial charge is 0.481 e. The Morgan fingerprint density at radius 1 is 0.727 bits per heavy atom. The Labute approximate surface area is 135 Å². The van der Waals surface area contributed by atoms with Crippen molar-refractivity contribution in [1.82, 2.24) is 0 Å². The van der Waals surface area contributed by atoms with Crippen molar-refractivity contribution in [3.05, 3.63) is 0 Å². The second-order valence-corrected chi connectivity index (χ2v) is 6.39. The predicted octanol–water partition coefficient (Wildman–Crippen LogP) is 4.27. The van der Waals surface area contributed by atoms with E-state index in [1.54, 1.807) is 0 Å². The van der Waals surface area contributed by atoms with Gasteiger partial charge < -0.3 is 15.3 Å². The summed E-state index contributed by atoms with van der Waals surface area (Å²) in [6.07, 6.45) is 12.4. The molecule has 4 nitrogen and oxygen atoms in total. The van der Waals surface area contributed by atoms with Gasteiger partial charge in [0.1, 0.15) is 0 Å². The first-order chi connectivity index (χ1) is 10.6. The molecule has 0 spiro atoms. The molecular formula is C18H36O4. The highest BCUT2D eigenvalue weighted by Crippen LogP contribution is 2.14. The molecule has 132 valence electrons. The van der Waals surface area contributed by atoms with Gasteiger partial charge in [-0.3, -0.25) is 4.79 Å². The van der Waals surface area contributed by atoms with Crippen LogP contribution in [0.4, 0.5) is 0 Å². The Balaban J connectivity index is 3.29. The van der Waals surface area contributed by atoms with Gasteiger partial charge in [0, 0.05) is 6.42 Å². The topological polar surface area (TPSA) is 77.8 Å². The van der Waals surface area contributed by atoms with Gasteiger partial charge >= 0.3 is 5.97 Å². The maximum atomic E-state index is 10.3. The fourth-order valence-corrected chi connectivity index (χ4v) is 2.68. The molecule has 0 aliphatic heterocycles. The van der Waals surface area contributed by atoms with Crippen LogP contribution in [-0.4, -0.2) is 33.5 Å². The lowest BCUT2D eigenvalue weighted by Gasteiger charge is -2.17. The highest BCUT2D eigenvalue weighted by atomic mass is 16.4. The molecule has 0 bridgehead atoms. The lowest BCUT2D eigenvalue weighted by atomic mass is 10.00. The molecule has 0 aliphatic rings. The molecule has 4 heteroatoms. The quantitative estimate of drug-likeness (QED) is 0.371. The van der Waals surface area contributed by atoms with Gasteiger partial charge in [0.2, 0.25) is 0 Å². The van der Waals surface area contributed by atoms with E-state index in [4.69, 9.17) is 5.11 Å². The van der Waals surface area contributed by atoms with E-state index in [9.17, 15) is 15.0 Å². The highest BCUT2D eigenvalue weighted by Gasteiger charge is 2.14. The predicted molar refractivity (Wildman–Crippen MR) is 90.0 cm³/mol. The molecule has 22 heavy (non-hydrogen) atoms. The number of aliphatic hydroxyl groups excluding tert-OH is 2. The third-order valence-corrected chi connectivity index (χ3v) is 4.19. The zero-order chi connectivity index (χ0) is 16.6. The summed E-state index contributed by atoms with van der Waals surface area (Å²) in [5.74, 6) is -0.699. The molecule has 0 aromatic rings. The normalized spacial score (nSPS) is 14.0. The first-order valence-corrected chi connectivity index (χ1v) is 9.15. The molecule has 2 unspecified atom stereocenters. The Morgan fingerprint density at radius 2 is 1.14 bits per heavy atom. The monoisotopic (exact) mass is 316 g/mol. The van der Waals surface area contributed by atoms with E-state index in [0.29, 0.717) is 19.3 Å². The smallest absolute Gasteiger partial charge is 0.303 e. The average molecular weight is 316 g/mol. The molecule has 0 saturated heterocycles. The number of carboxylic acids is 1. The van der Waals surface area contributed by atoms with Crippen LogP contribution in [0, 0.1) is 0 Å². The summed E-state index contributed by atoms with van der Waals surface area (Å²) >= 11 is 0. The summed E-state index contributed by atoms with van der Waals surface area (Å²) in [7, 11) is 0. The minimum Gasteiger partial charge on any atom is -0.481 e. The molecule has 0 saturated carbocycles. The fraction of sp³-hybridized carbons (Fsp3) is 0.944. The van der Waals surface area contributed by atoms with Gasteiger partial charge in [-0.1, -0.05) is 71.1 Å². The molecule has 0 amide bonds. The van der Waals surface area contributed by atoms with E-state index < -0.39 is 18.2 Å². The molecule has 0 heterocycles. The summed E-state index contributed by atoms with van der Waals surface area (Å²) in [6.45, 7) is 2.13. The number of hydrogen-bond acceptors (Lipinski definition) is 3. The van der Waals surface area contributed by atoms with Crippen LogP contribution in [-0.2, 0) is 4.79 Å². The van der Waals surface area contributed by atoms with E-state index in [1.165, 1.54) is 12.8 Å². The lowest BCUT2D eigenvalue weighted by Crippen LogP contribution is -2.25. The van der Waals surface area contributed by atoms with Crippen molar-refractivity contribution >= 4 is 5.97 Å². The molecule has 0 aromatic carbocycles. The Hall–Kier alpha value is -0.610. The first kappa shape index (κ1) is 21.4. The van der Waals surface area contributed by atoms with E-state index >= 15 is 0 Å². The molecule has 0 aliphatic carbocycles. The minimum absolute atomic E-state index is 0.290. The van der Waals surface area contributed by atoms with E-state index in [1.807, 2.05) is 0 Å². The van der Waals surface area contributed by atoms with Gasteiger partial charge in [0.05, 0.1) is 12.2 Å². The van der Waals surface area contributed by atoms with Crippen molar-refractivity contribution in [3.8, 4) is 0 Å². The van der Waals surface area contributed by atoms with Crippen molar-refractivity contribution in [2.45, 2.75) is 109 Å². The van der Waals surface area contributed by atoms with Crippen LogP contribution in [0.25, 0.3) is 0 Å². The Bertz CT molecular complexity index is 255. The van der Waals surface area contributed by atoms with Crippen LogP contribution in [0.3, 0.4) is 0 Å². The summed E-state index contributed by atoms with van der Waals surface area (Å²) < 4.78 is 0. The van der Waals surface area contributed by atoms with Crippen LogP contribution in [0.5, 0.6) is 0 Å². The van der Waals surface area contributed by atoms with Gasteiger partial charge in [-0.2, -0.15) is 0 Å². The first-order valence-electron chi connectivity index (χ1n) is 9.15. The van der Waals surface area contributed by atoms with Crippen molar-refractivity contribution in [2.75, 3.05) is 0 Å². The maximum Gasteiger partial charge on any atom is 0.303 e. The third-order valence-electron chi connectivity index (χ3n) is 4.19. The average Bonchev–Trinajstić information content (AvgIpc) is 2.48. The number of rotatable bonds is 16. The van der Waals surface area contributed by atoms with Crippen LogP contribution >= 0.6 is 0 Å². The summed E-state index contributed by atoms with van der Waals surface area (Å²) in [5, 5.41) is 28.2.